The van der Waals surface area contributed by atoms with E-state index in [9.17, 15) is 9.18 Å². The molecule has 0 saturated carbocycles. The fraction of sp³-hybridized carbons (Fsp3) is 0.533. The largest absolute Gasteiger partial charge is 0.339 e. The molecule has 0 aromatic heterocycles. The predicted molar refractivity (Wildman–Crippen MR) is 89.2 cm³/mol. The molecule has 4 nitrogen and oxygen atoms in total. The molecular formula is C15H22Cl2FN3O. The quantitative estimate of drug-likeness (QED) is 0.905. The Labute approximate surface area is 142 Å². The summed E-state index contributed by atoms with van der Waals surface area (Å²) in [5.74, 6) is -0.300. The second kappa shape index (κ2) is 8.67. The highest BCUT2D eigenvalue weighted by molar-refractivity contribution is 6.30. The van der Waals surface area contributed by atoms with Crippen molar-refractivity contribution in [3.63, 3.8) is 0 Å². The molecule has 0 bridgehead atoms. The van der Waals surface area contributed by atoms with Gasteiger partial charge in [-0.2, -0.15) is 0 Å². The standard InChI is InChI=1S/C15H21ClFN3O.ClH/c1-11(12-3-4-14(17)13(16)9-12)19(2)10-15(21)20-7-5-18-6-8-20;/h3-4,9,11,18H,5-8,10H2,1-2H3;1H. The fourth-order valence-electron chi connectivity index (χ4n) is 2.39. The number of piperazine rings is 1. The summed E-state index contributed by atoms with van der Waals surface area (Å²) in [7, 11) is 1.89. The van der Waals surface area contributed by atoms with Crippen molar-refractivity contribution in [2.75, 3.05) is 39.8 Å². The second-order valence-electron chi connectivity index (χ2n) is 5.40. The number of amides is 1. The van der Waals surface area contributed by atoms with Gasteiger partial charge in [-0.25, -0.2) is 4.39 Å². The van der Waals surface area contributed by atoms with E-state index in [2.05, 4.69) is 5.32 Å². The fourth-order valence-corrected chi connectivity index (χ4v) is 2.58. The SMILES string of the molecule is CC(c1ccc(F)c(Cl)c1)N(C)CC(=O)N1CCNCC1.Cl. The van der Waals surface area contributed by atoms with E-state index in [1.54, 1.807) is 12.1 Å². The number of nitrogens with one attached hydrogen (secondary N) is 1. The summed E-state index contributed by atoms with van der Waals surface area (Å²) in [5, 5.41) is 3.34. The normalized spacial score (nSPS) is 16.3. The first-order valence-corrected chi connectivity index (χ1v) is 7.50. The molecule has 22 heavy (non-hydrogen) atoms. The minimum Gasteiger partial charge on any atom is -0.339 e. The lowest BCUT2D eigenvalue weighted by Gasteiger charge is -2.31. The molecule has 1 aliphatic rings. The summed E-state index contributed by atoms with van der Waals surface area (Å²) in [5.41, 5.74) is 0.900. The highest BCUT2D eigenvalue weighted by Crippen LogP contribution is 2.24. The summed E-state index contributed by atoms with van der Waals surface area (Å²) < 4.78 is 13.2. The molecule has 1 heterocycles. The molecule has 1 aromatic rings. The van der Waals surface area contributed by atoms with Crippen LogP contribution in [0.5, 0.6) is 0 Å². The number of hydrogen-bond donors (Lipinski definition) is 1. The number of hydrogen-bond acceptors (Lipinski definition) is 3. The second-order valence-corrected chi connectivity index (χ2v) is 5.80. The zero-order chi connectivity index (χ0) is 15.4. The zero-order valence-electron chi connectivity index (χ0n) is 12.8. The number of carbonyl (C=O) groups excluding carboxylic acids is 1. The van der Waals surface area contributed by atoms with E-state index in [4.69, 9.17) is 11.6 Å². The van der Waals surface area contributed by atoms with Crippen LogP contribution in [0.4, 0.5) is 4.39 Å². The molecule has 1 aromatic carbocycles. The smallest absolute Gasteiger partial charge is 0.236 e. The molecule has 1 unspecified atom stereocenters. The lowest BCUT2D eigenvalue weighted by Crippen LogP contribution is -2.49. The first-order valence-electron chi connectivity index (χ1n) is 7.12. The number of benzene rings is 1. The Hall–Kier alpha value is -0.880. The third-order valence-corrected chi connectivity index (χ3v) is 4.23. The van der Waals surface area contributed by atoms with Crippen LogP contribution in [-0.4, -0.2) is 55.5 Å². The lowest BCUT2D eigenvalue weighted by molar-refractivity contribution is -0.133. The van der Waals surface area contributed by atoms with Gasteiger partial charge in [-0.3, -0.25) is 9.69 Å². The third-order valence-electron chi connectivity index (χ3n) is 3.94. The van der Waals surface area contributed by atoms with Gasteiger partial charge in [0.05, 0.1) is 11.6 Å². The molecule has 1 amide bonds. The van der Waals surface area contributed by atoms with E-state index in [-0.39, 0.29) is 29.4 Å². The van der Waals surface area contributed by atoms with Crippen molar-refractivity contribution in [1.82, 2.24) is 15.1 Å². The molecule has 0 radical (unpaired) electrons. The van der Waals surface area contributed by atoms with E-state index >= 15 is 0 Å². The molecule has 1 N–H and O–H groups in total. The van der Waals surface area contributed by atoms with E-state index < -0.39 is 5.82 Å². The van der Waals surface area contributed by atoms with E-state index in [1.165, 1.54) is 6.07 Å². The van der Waals surface area contributed by atoms with Crippen molar-refractivity contribution in [1.29, 1.82) is 0 Å². The van der Waals surface area contributed by atoms with Crippen LogP contribution in [0.3, 0.4) is 0 Å². The van der Waals surface area contributed by atoms with Gasteiger partial charge in [0.25, 0.3) is 0 Å². The van der Waals surface area contributed by atoms with E-state index in [1.807, 2.05) is 23.8 Å². The van der Waals surface area contributed by atoms with Gasteiger partial charge >= 0.3 is 0 Å². The molecule has 1 fully saturated rings. The molecule has 7 heteroatoms. The van der Waals surface area contributed by atoms with Gasteiger partial charge in [-0.1, -0.05) is 17.7 Å². The lowest BCUT2D eigenvalue weighted by atomic mass is 10.1. The van der Waals surface area contributed by atoms with Crippen LogP contribution < -0.4 is 5.32 Å². The maximum absolute atomic E-state index is 13.2. The number of halogens is 3. The van der Waals surface area contributed by atoms with Crippen LogP contribution in [0, 0.1) is 5.82 Å². The summed E-state index contributed by atoms with van der Waals surface area (Å²) in [6.45, 7) is 5.52. The van der Waals surface area contributed by atoms with Gasteiger partial charge < -0.3 is 10.2 Å². The number of rotatable bonds is 4. The minimum absolute atomic E-state index is 0. The van der Waals surface area contributed by atoms with Crippen molar-refractivity contribution in [3.05, 3.63) is 34.6 Å². The zero-order valence-corrected chi connectivity index (χ0v) is 14.4. The Balaban J connectivity index is 0.00000242. The van der Waals surface area contributed by atoms with Crippen LogP contribution in [0.25, 0.3) is 0 Å². The van der Waals surface area contributed by atoms with Gasteiger partial charge in [0.1, 0.15) is 5.82 Å². The van der Waals surface area contributed by atoms with Crippen molar-refractivity contribution in [3.8, 4) is 0 Å². The van der Waals surface area contributed by atoms with Crippen LogP contribution in [0.2, 0.25) is 5.02 Å². The number of likely N-dealkylation sites (N-methyl/N-ethyl adjacent to an activating group) is 1. The average Bonchev–Trinajstić information content (AvgIpc) is 2.50. The monoisotopic (exact) mass is 349 g/mol. The molecule has 1 saturated heterocycles. The third kappa shape index (κ3) is 4.81. The Morgan fingerprint density at radius 3 is 2.68 bits per heavy atom. The molecule has 2 rings (SSSR count). The summed E-state index contributed by atoms with van der Waals surface area (Å²) in [6, 6.07) is 4.68. The van der Waals surface area contributed by atoms with Crippen LogP contribution in [0.1, 0.15) is 18.5 Å². The van der Waals surface area contributed by atoms with Crippen LogP contribution >= 0.6 is 24.0 Å². The van der Waals surface area contributed by atoms with Gasteiger partial charge in [-0.15, -0.1) is 12.4 Å². The van der Waals surface area contributed by atoms with Crippen molar-refractivity contribution in [2.24, 2.45) is 0 Å². The van der Waals surface area contributed by atoms with Crippen LogP contribution in [-0.2, 0) is 4.79 Å². The van der Waals surface area contributed by atoms with E-state index in [0.717, 1.165) is 31.7 Å². The maximum Gasteiger partial charge on any atom is 0.236 e. The highest BCUT2D eigenvalue weighted by Gasteiger charge is 2.21. The molecule has 1 aliphatic heterocycles. The molecule has 0 aliphatic carbocycles. The minimum atomic E-state index is -0.424. The first-order chi connectivity index (χ1) is 9.99. The van der Waals surface area contributed by atoms with E-state index in [0.29, 0.717) is 6.54 Å². The van der Waals surface area contributed by atoms with Crippen molar-refractivity contribution in [2.45, 2.75) is 13.0 Å². The Bertz CT molecular complexity index is 510. The maximum atomic E-state index is 13.2. The highest BCUT2D eigenvalue weighted by atomic mass is 35.5. The van der Waals surface area contributed by atoms with Gasteiger partial charge in [0, 0.05) is 32.2 Å². The molecule has 124 valence electrons. The average molecular weight is 350 g/mol. The number of carbonyl (C=O) groups is 1. The molecule has 0 spiro atoms. The van der Waals surface area contributed by atoms with Gasteiger partial charge in [0.15, 0.2) is 0 Å². The Morgan fingerprint density at radius 1 is 1.45 bits per heavy atom. The van der Waals surface area contributed by atoms with Crippen molar-refractivity contribution < 1.29 is 9.18 Å². The first kappa shape index (κ1) is 19.2. The summed E-state index contributed by atoms with van der Waals surface area (Å²) in [4.78, 5) is 16.1. The molecular weight excluding hydrogens is 328 g/mol. The summed E-state index contributed by atoms with van der Waals surface area (Å²) >= 11 is 5.81. The Kier molecular flexibility index (Phi) is 7.56. The van der Waals surface area contributed by atoms with Crippen LogP contribution in [0.15, 0.2) is 18.2 Å². The van der Waals surface area contributed by atoms with Gasteiger partial charge in [0.2, 0.25) is 5.91 Å². The topological polar surface area (TPSA) is 35.6 Å². The predicted octanol–water partition coefficient (Wildman–Crippen LogP) is 2.33. The Morgan fingerprint density at radius 2 is 2.09 bits per heavy atom. The van der Waals surface area contributed by atoms with Crippen molar-refractivity contribution >= 4 is 29.9 Å². The summed E-state index contributed by atoms with van der Waals surface area (Å²) in [6.07, 6.45) is 0. The molecule has 1 atom stereocenters. The van der Waals surface area contributed by atoms with Gasteiger partial charge in [-0.05, 0) is 31.7 Å². The number of nitrogens with zero attached hydrogens (tertiary/aromatic N) is 2.